The Bertz CT molecular complexity index is 1250. The van der Waals surface area contributed by atoms with Crippen molar-refractivity contribution in [1.29, 1.82) is 0 Å². The maximum Gasteiger partial charge on any atom is 0.225 e. The van der Waals surface area contributed by atoms with Crippen molar-refractivity contribution in [2.75, 3.05) is 24.2 Å². The van der Waals surface area contributed by atoms with Crippen LogP contribution in [0.1, 0.15) is 31.4 Å². The lowest BCUT2D eigenvalue weighted by atomic mass is 10.1. The minimum absolute atomic E-state index is 0.287. The van der Waals surface area contributed by atoms with Crippen LogP contribution < -0.4 is 9.64 Å². The summed E-state index contributed by atoms with van der Waals surface area (Å²) >= 11 is 1.36. The largest absolute Gasteiger partial charge is 0.439 e. The fourth-order valence-electron chi connectivity index (χ4n) is 4.11. The summed E-state index contributed by atoms with van der Waals surface area (Å²) in [7, 11) is 0. The lowest BCUT2D eigenvalue weighted by Crippen LogP contribution is -2.36. The van der Waals surface area contributed by atoms with E-state index in [0.717, 1.165) is 54.8 Å². The van der Waals surface area contributed by atoms with E-state index in [1.165, 1.54) is 17.8 Å². The molecule has 1 aromatic carbocycles. The Balaban J connectivity index is 1.27. The van der Waals surface area contributed by atoms with Gasteiger partial charge in [-0.3, -0.25) is 4.68 Å². The van der Waals surface area contributed by atoms with E-state index in [1.54, 1.807) is 18.3 Å². The van der Waals surface area contributed by atoms with E-state index < -0.39 is 0 Å². The molecule has 3 aromatic heterocycles. The van der Waals surface area contributed by atoms with Gasteiger partial charge in [-0.1, -0.05) is 6.92 Å². The number of pyridine rings is 1. The van der Waals surface area contributed by atoms with Crippen LogP contribution in [0.5, 0.6) is 11.6 Å². The highest BCUT2D eigenvalue weighted by Crippen LogP contribution is 2.30. The van der Waals surface area contributed by atoms with E-state index in [1.807, 2.05) is 30.9 Å². The molecule has 0 amide bonds. The number of halogens is 1. The molecule has 0 saturated carbocycles. The third-order valence-corrected chi connectivity index (χ3v) is 6.77. The Morgan fingerprint density at radius 2 is 1.85 bits per heavy atom. The van der Waals surface area contributed by atoms with Gasteiger partial charge in [0.05, 0.1) is 24.0 Å². The number of piperidine rings is 1. The molecule has 1 aliphatic rings. The summed E-state index contributed by atoms with van der Waals surface area (Å²) in [6.45, 7) is 3.86. The number of nitrogens with zero attached hydrogens (tertiary/aromatic N) is 6. The summed E-state index contributed by atoms with van der Waals surface area (Å²) in [5.41, 5.74) is 2.11. The van der Waals surface area contributed by atoms with Crippen molar-refractivity contribution in [2.45, 2.75) is 37.1 Å². The number of aryl methyl sites for hydroxylation is 1. The van der Waals surface area contributed by atoms with Gasteiger partial charge in [0.25, 0.3) is 0 Å². The second-order valence-corrected chi connectivity index (χ2v) is 8.88. The van der Waals surface area contributed by atoms with Gasteiger partial charge in [0.2, 0.25) is 11.8 Å². The number of ether oxygens (including phenoxy) is 1. The molecule has 5 rings (SSSR count). The third-order valence-electron chi connectivity index (χ3n) is 6.00. The van der Waals surface area contributed by atoms with Crippen molar-refractivity contribution in [2.24, 2.45) is 0 Å². The average molecular weight is 465 g/mol. The second kappa shape index (κ2) is 9.35. The van der Waals surface area contributed by atoms with Crippen LogP contribution in [-0.2, 0) is 6.42 Å². The van der Waals surface area contributed by atoms with Crippen LogP contribution in [0.4, 0.5) is 10.3 Å². The minimum Gasteiger partial charge on any atom is -0.439 e. The van der Waals surface area contributed by atoms with Crippen LogP contribution in [0.15, 0.2) is 53.9 Å². The summed E-state index contributed by atoms with van der Waals surface area (Å²) in [6.07, 6.45) is 12.1. The number of thioether (sulfide) groups is 1. The SMILES string of the molecule is CCc1cnc(N2CCC(n3ncc4cc(Oc5ccc(SC)c(F)c5)ncc43)CC2)nc1. The summed E-state index contributed by atoms with van der Waals surface area (Å²) in [5, 5.41) is 5.58. The first-order valence-electron chi connectivity index (χ1n) is 11.0. The molecule has 0 spiro atoms. The molecule has 0 unspecified atom stereocenters. The zero-order valence-corrected chi connectivity index (χ0v) is 19.4. The highest BCUT2D eigenvalue weighted by molar-refractivity contribution is 7.98. The smallest absolute Gasteiger partial charge is 0.225 e. The average Bonchev–Trinajstić information content (AvgIpc) is 3.28. The molecule has 0 bridgehead atoms. The fourth-order valence-corrected chi connectivity index (χ4v) is 4.57. The molecule has 4 heterocycles. The first-order chi connectivity index (χ1) is 16.1. The van der Waals surface area contributed by atoms with Crippen LogP contribution in [0.25, 0.3) is 10.9 Å². The number of fused-ring (bicyclic) bond motifs is 1. The first kappa shape index (κ1) is 21.6. The van der Waals surface area contributed by atoms with E-state index >= 15 is 0 Å². The van der Waals surface area contributed by atoms with Gasteiger partial charge < -0.3 is 9.64 Å². The highest BCUT2D eigenvalue weighted by atomic mass is 32.2. The molecular formula is C24H25FN6OS. The Labute approximate surface area is 196 Å². The summed E-state index contributed by atoms with van der Waals surface area (Å²) < 4.78 is 21.9. The van der Waals surface area contributed by atoms with Crippen LogP contribution in [0.3, 0.4) is 0 Å². The Hall–Kier alpha value is -3.20. The molecule has 1 aliphatic heterocycles. The molecule has 4 aromatic rings. The molecule has 33 heavy (non-hydrogen) atoms. The van der Waals surface area contributed by atoms with E-state index in [-0.39, 0.29) is 11.9 Å². The summed E-state index contributed by atoms with van der Waals surface area (Å²) in [6, 6.07) is 6.97. The number of anilines is 1. The van der Waals surface area contributed by atoms with Crippen molar-refractivity contribution in [3.8, 4) is 11.6 Å². The summed E-state index contributed by atoms with van der Waals surface area (Å²) in [4.78, 5) is 16.3. The molecule has 9 heteroatoms. The quantitative estimate of drug-likeness (QED) is 0.360. The first-order valence-corrected chi connectivity index (χ1v) is 12.3. The van der Waals surface area contributed by atoms with E-state index in [4.69, 9.17) is 4.74 Å². The molecule has 170 valence electrons. The molecular weight excluding hydrogens is 439 g/mol. The van der Waals surface area contributed by atoms with Crippen molar-refractivity contribution in [3.05, 3.63) is 60.4 Å². The zero-order valence-electron chi connectivity index (χ0n) is 18.6. The minimum atomic E-state index is -0.299. The topological polar surface area (TPSA) is 69.0 Å². The monoisotopic (exact) mass is 464 g/mol. The normalized spacial score (nSPS) is 14.7. The van der Waals surface area contributed by atoms with Crippen LogP contribution >= 0.6 is 11.8 Å². The number of aromatic nitrogens is 5. The van der Waals surface area contributed by atoms with Gasteiger partial charge in [0.15, 0.2) is 0 Å². The van der Waals surface area contributed by atoms with E-state index in [2.05, 4.69) is 36.6 Å². The number of rotatable bonds is 6. The molecule has 7 nitrogen and oxygen atoms in total. The standard InChI is InChI=1S/C24H25FN6OS/c1-3-16-12-27-24(28-13-16)30-8-6-18(7-9-30)31-21-15-26-23(10-17(21)14-29-31)32-19-4-5-22(33-2)20(25)11-19/h4-5,10-15,18H,3,6-9H2,1-2H3. The van der Waals surface area contributed by atoms with Gasteiger partial charge in [-0.2, -0.15) is 5.10 Å². The predicted octanol–water partition coefficient (Wildman–Crippen LogP) is 5.28. The fraction of sp³-hybridized carbons (Fsp3) is 0.333. The molecule has 0 atom stereocenters. The molecule has 0 radical (unpaired) electrons. The van der Waals surface area contributed by atoms with Crippen molar-refractivity contribution < 1.29 is 9.13 Å². The van der Waals surface area contributed by atoms with Crippen molar-refractivity contribution >= 4 is 28.6 Å². The third kappa shape index (κ3) is 4.50. The van der Waals surface area contributed by atoms with Crippen molar-refractivity contribution in [1.82, 2.24) is 24.7 Å². The molecule has 1 fully saturated rings. The maximum atomic E-state index is 14.0. The second-order valence-electron chi connectivity index (χ2n) is 8.03. The Morgan fingerprint density at radius 3 is 2.55 bits per heavy atom. The lowest BCUT2D eigenvalue weighted by Gasteiger charge is -2.32. The summed E-state index contributed by atoms with van der Waals surface area (Å²) in [5.74, 6) is 1.33. The zero-order chi connectivity index (χ0) is 22.8. The Morgan fingerprint density at radius 1 is 1.06 bits per heavy atom. The molecule has 1 saturated heterocycles. The van der Waals surface area contributed by atoms with Gasteiger partial charge in [-0.05, 0) is 43.2 Å². The number of hydrogen-bond acceptors (Lipinski definition) is 7. The van der Waals surface area contributed by atoms with Gasteiger partial charge in [-0.25, -0.2) is 19.3 Å². The van der Waals surface area contributed by atoms with Crippen LogP contribution in [0, 0.1) is 5.82 Å². The van der Waals surface area contributed by atoms with Gasteiger partial charge >= 0.3 is 0 Å². The molecule has 0 aliphatic carbocycles. The van der Waals surface area contributed by atoms with Crippen LogP contribution in [-0.4, -0.2) is 44.1 Å². The van der Waals surface area contributed by atoms with Gasteiger partial charge in [-0.15, -0.1) is 11.8 Å². The predicted molar refractivity (Wildman–Crippen MR) is 128 cm³/mol. The van der Waals surface area contributed by atoms with Crippen molar-refractivity contribution in [3.63, 3.8) is 0 Å². The van der Waals surface area contributed by atoms with E-state index in [9.17, 15) is 4.39 Å². The number of hydrogen-bond donors (Lipinski definition) is 0. The van der Waals surface area contributed by atoms with Gasteiger partial charge in [0, 0.05) is 47.9 Å². The molecule has 0 N–H and O–H groups in total. The Kier molecular flexibility index (Phi) is 6.13. The van der Waals surface area contributed by atoms with Crippen LogP contribution in [0.2, 0.25) is 0 Å². The lowest BCUT2D eigenvalue weighted by molar-refractivity contribution is 0.373. The number of benzene rings is 1. The van der Waals surface area contributed by atoms with E-state index in [0.29, 0.717) is 16.5 Å². The highest BCUT2D eigenvalue weighted by Gasteiger charge is 2.24. The maximum absolute atomic E-state index is 14.0. The van der Waals surface area contributed by atoms with Gasteiger partial charge in [0.1, 0.15) is 11.6 Å².